The second-order valence-corrected chi connectivity index (χ2v) is 5.99. The van der Waals surface area contributed by atoms with E-state index in [9.17, 15) is 14.0 Å². The minimum Gasteiger partial charge on any atom is -0.494 e. The molecule has 0 aliphatic rings. The first-order chi connectivity index (χ1) is 12.9. The molecule has 0 fully saturated rings. The molecule has 2 aromatic rings. The molecule has 0 atom stereocenters. The topological polar surface area (TPSA) is 58.6 Å². The summed E-state index contributed by atoms with van der Waals surface area (Å²) in [6.07, 6.45) is 5.87. The Labute approximate surface area is 158 Å². The molecule has 0 unspecified atom stereocenters. The first kappa shape index (κ1) is 20.0. The van der Waals surface area contributed by atoms with Gasteiger partial charge in [0.25, 0.3) is 0 Å². The quantitative estimate of drug-likeness (QED) is 0.765. The Morgan fingerprint density at radius 1 is 1.26 bits per heavy atom. The minimum absolute atomic E-state index is 0.0872. The lowest BCUT2D eigenvalue weighted by Gasteiger charge is -2.17. The predicted molar refractivity (Wildman–Crippen MR) is 102 cm³/mol. The third kappa shape index (κ3) is 5.86. The average molecular weight is 368 g/mol. The number of rotatable bonds is 7. The number of hydrogen-bond donors (Lipinski definition) is 1. The molecule has 0 aliphatic carbocycles. The Bertz CT molecular complexity index is 874. The molecule has 0 bridgehead atoms. The number of nitrogens with zero attached hydrogens (tertiary/aromatic N) is 1. The molecule has 2 rings (SSSR count). The molecule has 0 saturated carbocycles. The molecule has 0 saturated heterocycles. The number of carbonyl (C=O) groups excluding carboxylic acids is 2. The van der Waals surface area contributed by atoms with E-state index in [1.54, 1.807) is 37.4 Å². The molecule has 2 aromatic carbocycles. The summed E-state index contributed by atoms with van der Waals surface area (Å²) in [7, 11) is 2.94. The Morgan fingerprint density at radius 3 is 2.70 bits per heavy atom. The number of ether oxygens (including phenoxy) is 1. The highest BCUT2D eigenvalue weighted by Crippen LogP contribution is 2.18. The first-order valence-electron chi connectivity index (χ1n) is 8.36. The number of terminal acetylenes is 1. The average Bonchev–Trinajstić information content (AvgIpc) is 2.66. The van der Waals surface area contributed by atoms with Crippen molar-refractivity contribution in [2.45, 2.75) is 12.8 Å². The maximum atomic E-state index is 13.7. The van der Waals surface area contributed by atoms with E-state index in [2.05, 4.69) is 11.2 Å². The molecule has 6 heteroatoms. The van der Waals surface area contributed by atoms with Crippen LogP contribution < -0.4 is 10.1 Å². The van der Waals surface area contributed by atoms with E-state index in [4.69, 9.17) is 11.2 Å². The lowest BCUT2D eigenvalue weighted by molar-refractivity contribution is -0.133. The van der Waals surface area contributed by atoms with Gasteiger partial charge >= 0.3 is 0 Å². The van der Waals surface area contributed by atoms with Crippen LogP contribution in [0.4, 0.5) is 10.1 Å². The van der Waals surface area contributed by atoms with Crippen LogP contribution in [0, 0.1) is 18.2 Å². The van der Waals surface area contributed by atoms with Gasteiger partial charge in [-0.05, 0) is 42.3 Å². The normalized spacial score (nSPS) is 10.0. The Balaban J connectivity index is 1.85. The van der Waals surface area contributed by atoms with Crippen LogP contribution in [0.25, 0.3) is 0 Å². The van der Waals surface area contributed by atoms with Crippen LogP contribution in [0.15, 0.2) is 42.5 Å². The molecule has 5 nitrogen and oxygen atoms in total. The maximum Gasteiger partial charge on any atom is 0.243 e. The van der Waals surface area contributed by atoms with Crippen LogP contribution in [0.5, 0.6) is 5.75 Å². The van der Waals surface area contributed by atoms with Gasteiger partial charge in [0.1, 0.15) is 0 Å². The number of hydrogen-bond acceptors (Lipinski definition) is 3. The van der Waals surface area contributed by atoms with Crippen LogP contribution >= 0.6 is 0 Å². The lowest BCUT2D eigenvalue weighted by Crippen LogP contribution is -2.35. The summed E-state index contributed by atoms with van der Waals surface area (Å²) in [4.78, 5) is 25.6. The zero-order valence-electron chi connectivity index (χ0n) is 15.3. The van der Waals surface area contributed by atoms with Crippen LogP contribution in [-0.2, 0) is 16.0 Å². The van der Waals surface area contributed by atoms with Crippen molar-refractivity contribution in [2.75, 3.05) is 26.0 Å². The fraction of sp³-hybridized carbons (Fsp3) is 0.238. The summed E-state index contributed by atoms with van der Waals surface area (Å²) in [6.45, 7) is -0.0872. The van der Waals surface area contributed by atoms with E-state index in [-0.39, 0.29) is 30.5 Å². The number of carbonyl (C=O) groups is 2. The number of benzene rings is 2. The van der Waals surface area contributed by atoms with Gasteiger partial charge in [-0.15, -0.1) is 6.42 Å². The summed E-state index contributed by atoms with van der Waals surface area (Å²) in [6, 6.07) is 11.5. The van der Waals surface area contributed by atoms with Crippen molar-refractivity contribution < 1.29 is 18.7 Å². The van der Waals surface area contributed by atoms with Gasteiger partial charge in [-0.2, -0.15) is 0 Å². The van der Waals surface area contributed by atoms with Crippen molar-refractivity contribution in [2.24, 2.45) is 0 Å². The summed E-state index contributed by atoms with van der Waals surface area (Å²) in [5, 5.41) is 2.70. The van der Waals surface area contributed by atoms with Gasteiger partial charge < -0.3 is 15.0 Å². The fourth-order valence-electron chi connectivity index (χ4n) is 2.50. The molecule has 27 heavy (non-hydrogen) atoms. The van der Waals surface area contributed by atoms with Gasteiger partial charge in [0.15, 0.2) is 11.6 Å². The summed E-state index contributed by atoms with van der Waals surface area (Å²) < 4.78 is 18.5. The lowest BCUT2D eigenvalue weighted by atomic mass is 10.1. The molecular formula is C21H21FN2O3. The van der Waals surface area contributed by atoms with Gasteiger partial charge in [0.05, 0.1) is 13.7 Å². The summed E-state index contributed by atoms with van der Waals surface area (Å²) in [5.74, 6) is 1.65. The number of anilines is 1. The molecule has 0 radical (unpaired) electrons. The SMILES string of the molecule is C#Cc1cccc(NC(=O)CN(C)C(=O)CCc2ccc(OC)c(F)c2)c1. The second kappa shape index (κ2) is 9.39. The molecule has 1 N–H and O–H groups in total. The Hall–Kier alpha value is -3.33. The Morgan fingerprint density at radius 2 is 2.04 bits per heavy atom. The number of methoxy groups -OCH3 is 1. The third-order valence-corrected chi connectivity index (χ3v) is 3.96. The monoisotopic (exact) mass is 368 g/mol. The third-order valence-electron chi connectivity index (χ3n) is 3.96. The van der Waals surface area contributed by atoms with Crippen molar-refractivity contribution in [3.8, 4) is 18.1 Å². The van der Waals surface area contributed by atoms with Crippen LogP contribution in [0.1, 0.15) is 17.5 Å². The summed E-state index contributed by atoms with van der Waals surface area (Å²) >= 11 is 0. The molecule has 2 amide bonds. The van der Waals surface area contributed by atoms with E-state index >= 15 is 0 Å². The van der Waals surface area contributed by atoms with E-state index in [1.807, 2.05) is 0 Å². The highest BCUT2D eigenvalue weighted by Gasteiger charge is 2.14. The van der Waals surface area contributed by atoms with Crippen molar-refractivity contribution in [3.05, 3.63) is 59.4 Å². The zero-order valence-corrected chi connectivity index (χ0v) is 15.3. The number of halogens is 1. The van der Waals surface area contributed by atoms with Gasteiger partial charge in [-0.3, -0.25) is 9.59 Å². The van der Waals surface area contributed by atoms with Gasteiger partial charge in [0.2, 0.25) is 11.8 Å². The predicted octanol–water partition coefficient (Wildman–Crippen LogP) is 2.85. The van der Waals surface area contributed by atoms with E-state index < -0.39 is 5.82 Å². The maximum absolute atomic E-state index is 13.7. The van der Waals surface area contributed by atoms with Crippen molar-refractivity contribution in [1.82, 2.24) is 4.90 Å². The molecule has 0 aromatic heterocycles. The Kier molecular flexibility index (Phi) is 6.95. The standard InChI is InChI=1S/C21H21FN2O3/c1-4-15-6-5-7-17(12-15)23-20(25)14-24(2)21(26)11-9-16-8-10-19(27-3)18(22)13-16/h1,5-8,10,12-13H,9,11,14H2,2-3H3,(H,23,25). The molecule has 0 aliphatic heterocycles. The van der Waals surface area contributed by atoms with Gasteiger partial charge in [0, 0.05) is 24.7 Å². The number of amides is 2. The fourth-order valence-corrected chi connectivity index (χ4v) is 2.50. The van der Waals surface area contributed by atoms with Crippen LogP contribution in [0.3, 0.4) is 0 Å². The molecular weight excluding hydrogens is 347 g/mol. The van der Waals surface area contributed by atoms with Gasteiger partial charge in [-0.1, -0.05) is 18.1 Å². The highest BCUT2D eigenvalue weighted by molar-refractivity contribution is 5.94. The van der Waals surface area contributed by atoms with Crippen molar-refractivity contribution in [3.63, 3.8) is 0 Å². The zero-order chi connectivity index (χ0) is 19.8. The van der Waals surface area contributed by atoms with Crippen LogP contribution in [0.2, 0.25) is 0 Å². The smallest absolute Gasteiger partial charge is 0.243 e. The second-order valence-electron chi connectivity index (χ2n) is 5.99. The van der Waals surface area contributed by atoms with Crippen molar-refractivity contribution in [1.29, 1.82) is 0 Å². The van der Waals surface area contributed by atoms with E-state index in [1.165, 1.54) is 24.1 Å². The minimum atomic E-state index is -0.468. The van der Waals surface area contributed by atoms with Gasteiger partial charge in [-0.25, -0.2) is 4.39 Å². The summed E-state index contributed by atoms with van der Waals surface area (Å²) in [5.41, 5.74) is 1.92. The number of nitrogens with one attached hydrogen (secondary N) is 1. The molecule has 140 valence electrons. The first-order valence-corrected chi connectivity index (χ1v) is 8.36. The molecule has 0 heterocycles. The van der Waals surface area contributed by atoms with E-state index in [0.29, 0.717) is 23.2 Å². The van der Waals surface area contributed by atoms with E-state index in [0.717, 1.165) is 0 Å². The van der Waals surface area contributed by atoms with Crippen molar-refractivity contribution >= 4 is 17.5 Å². The number of likely N-dealkylation sites (N-methyl/N-ethyl adjacent to an activating group) is 1. The number of aryl methyl sites for hydroxylation is 1. The highest BCUT2D eigenvalue weighted by atomic mass is 19.1. The molecule has 0 spiro atoms. The largest absolute Gasteiger partial charge is 0.494 e. The van der Waals surface area contributed by atoms with Crippen LogP contribution in [-0.4, -0.2) is 37.4 Å².